The normalized spacial score (nSPS) is 24.9. The molecule has 2 aliphatic rings. The van der Waals surface area contributed by atoms with Crippen LogP contribution in [0.3, 0.4) is 0 Å². The molecule has 1 saturated carbocycles. The summed E-state index contributed by atoms with van der Waals surface area (Å²) in [6, 6.07) is 0. The molecular formula is C15H18N4O4. The Bertz CT molecular complexity index is 721. The zero-order chi connectivity index (χ0) is 16.0. The van der Waals surface area contributed by atoms with Gasteiger partial charge in [-0.2, -0.15) is 4.98 Å². The summed E-state index contributed by atoms with van der Waals surface area (Å²) in [5.41, 5.74) is 0.777. The Hall–Kier alpha value is -2.22. The van der Waals surface area contributed by atoms with E-state index in [9.17, 15) is 4.79 Å². The third-order valence-corrected chi connectivity index (χ3v) is 4.12. The number of ether oxygens (including phenoxy) is 1. The molecule has 0 N–H and O–H groups in total. The van der Waals surface area contributed by atoms with Crippen molar-refractivity contribution in [3.8, 4) is 0 Å². The molecule has 1 aliphatic heterocycles. The monoisotopic (exact) mass is 318 g/mol. The van der Waals surface area contributed by atoms with E-state index in [-0.39, 0.29) is 12.0 Å². The van der Waals surface area contributed by atoms with Crippen molar-refractivity contribution in [2.75, 3.05) is 13.1 Å². The fraction of sp³-hybridized carbons (Fsp3) is 0.600. The standard InChI is InChI=1S/C15H18N4O4/c1-8-5-19(6-11(22-8)14-17-9(2)18-23-14)15(20)13-12(10-3-4-10)16-7-21-13/h7-8,10-11H,3-6H2,1-2H3/t8-,11-/m1/s1. The van der Waals surface area contributed by atoms with Crippen molar-refractivity contribution in [2.45, 2.75) is 44.8 Å². The average Bonchev–Trinajstić information content (AvgIpc) is 3.09. The van der Waals surface area contributed by atoms with E-state index < -0.39 is 6.10 Å². The van der Waals surface area contributed by atoms with Crippen LogP contribution in [0.25, 0.3) is 0 Å². The van der Waals surface area contributed by atoms with Gasteiger partial charge in [0, 0.05) is 12.5 Å². The average molecular weight is 318 g/mol. The minimum Gasteiger partial charge on any atom is -0.438 e. The molecule has 1 saturated heterocycles. The number of oxazole rings is 1. The van der Waals surface area contributed by atoms with Gasteiger partial charge in [-0.05, 0) is 26.7 Å². The highest BCUT2D eigenvalue weighted by Gasteiger charge is 2.37. The molecule has 0 spiro atoms. The highest BCUT2D eigenvalue weighted by molar-refractivity contribution is 5.92. The van der Waals surface area contributed by atoms with Crippen molar-refractivity contribution in [1.29, 1.82) is 0 Å². The SMILES string of the molecule is Cc1noc([C@H]2CN(C(=O)c3ocnc3C3CC3)C[C@@H](C)O2)n1. The topological polar surface area (TPSA) is 94.5 Å². The van der Waals surface area contributed by atoms with Gasteiger partial charge in [0.25, 0.3) is 11.8 Å². The quantitative estimate of drug-likeness (QED) is 0.852. The molecule has 3 heterocycles. The number of nitrogens with zero attached hydrogens (tertiary/aromatic N) is 4. The summed E-state index contributed by atoms with van der Waals surface area (Å²) in [4.78, 5) is 22.9. The second-order valence-electron chi connectivity index (χ2n) is 6.17. The first-order chi connectivity index (χ1) is 11.1. The summed E-state index contributed by atoms with van der Waals surface area (Å²) in [5, 5.41) is 3.78. The van der Waals surface area contributed by atoms with E-state index in [1.54, 1.807) is 11.8 Å². The molecule has 2 aromatic rings. The molecule has 1 amide bonds. The van der Waals surface area contributed by atoms with Crippen molar-refractivity contribution in [2.24, 2.45) is 0 Å². The fourth-order valence-corrected chi connectivity index (χ4v) is 2.90. The molecule has 0 radical (unpaired) electrons. The smallest absolute Gasteiger partial charge is 0.291 e. The van der Waals surface area contributed by atoms with Crippen LogP contribution in [0.2, 0.25) is 0 Å². The van der Waals surface area contributed by atoms with E-state index in [2.05, 4.69) is 15.1 Å². The first-order valence-electron chi connectivity index (χ1n) is 7.80. The van der Waals surface area contributed by atoms with Gasteiger partial charge in [0.05, 0.1) is 18.3 Å². The van der Waals surface area contributed by atoms with E-state index in [4.69, 9.17) is 13.7 Å². The lowest BCUT2D eigenvalue weighted by Gasteiger charge is -2.34. The van der Waals surface area contributed by atoms with Gasteiger partial charge in [-0.3, -0.25) is 4.79 Å². The molecule has 4 rings (SSSR count). The molecule has 1 aliphatic carbocycles. The number of carbonyl (C=O) groups excluding carboxylic acids is 1. The summed E-state index contributed by atoms with van der Waals surface area (Å²) >= 11 is 0. The van der Waals surface area contributed by atoms with Gasteiger partial charge < -0.3 is 18.6 Å². The largest absolute Gasteiger partial charge is 0.438 e. The van der Waals surface area contributed by atoms with Gasteiger partial charge in [-0.1, -0.05) is 5.16 Å². The number of hydrogen-bond donors (Lipinski definition) is 0. The van der Waals surface area contributed by atoms with Gasteiger partial charge in [0.2, 0.25) is 5.76 Å². The fourth-order valence-electron chi connectivity index (χ4n) is 2.90. The highest BCUT2D eigenvalue weighted by Crippen LogP contribution is 2.41. The summed E-state index contributed by atoms with van der Waals surface area (Å²) in [6.45, 7) is 4.51. The van der Waals surface area contributed by atoms with Crippen LogP contribution in [0, 0.1) is 6.92 Å². The Labute approximate surface area is 132 Å². The Morgan fingerprint density at radius 2 is 2.17 bits per heavy atom. The van der Waals surface area contributed by atoms with Crippen molar-refractivity contribution in [1.82, 2.24) is 20.0 Å². The summed E-state index contributed by atoms with van der Waals surface area (Å²) in [5.74, 6) is 1.50. The van der Waals surface area contributed by atoms with Crippen LogP contribution in [0.15, 0.2) is 15.3 Å². The van der Waals surface area contributed by atoms with E-state index in [1.165, 1.54) is 6.39 Å². The van der Waals surface area contributed by atoms with Gasteiger partial charge in [-0.15, -0.1) is 0 Å². The van der Waals surface area contributed by atoms with E-state index in [1.807, 2.05) is 6.92 Å². The number of aromatic nitrogens is 3. The van der Waals surface area contributed by atoms with Gasteiger partial charge in [0.15, 0.2) is 18.3 Å². The molecule has 2 atom stereocenters. The van der Waals surface area contributed by atoms with Crippen LogP contribution in [0.1, 0.15) is 59.8 Å². The Balaban J connectivity index is 1.55. The summed E-state index contributed by atoms with van der Waals surface area (Å²) in [6.07, 6.45) is 2.93. The molecule has 8 heteroatoms. The molecule has 8 nitrogen and oxygen atoms in total. The zero-order valence-electron chi connectivity index (χ0n) is 13.1. The molecule has 0 unspecified atom stereocenters. The van der Waals surface area contributed by atoms with Crippen molar-refractivity contribution in [3.05, 3.63) is 29.6 Å². The number of amides is 1. The maximum absolute atomic E-state index is 12.8. The number of morpholine rings is 1. The van der Waals surface area contributed by atoms with Crippen molar-refractivity contribution in [3.63, 3.8) is 0 Å². The molecule has 0 bridgehead atoms. The lowest BCUT2D eigenvalue weighted by atomic mass is 10.1. The number of aryl methyl sites for hydroxylation is 1. The molecule has 2 fully saturated rings. The zero-order valence-corrected chi connectivity index (χ0v) is 13.1. The molecule has 23 heavy (non-hydrogen) atoms. The van der Waals surface area contributed by atoms with Crippen LogP contribution in [0.4, 0.5) is 0 Å². The summed E-state index contributed by atoms with van der Waals surface area (Å²) in [7, 11) is 0. The van der Waals surface area contributed by atoms with Gasteiger partial charge in [-0.25, -0.2) is 4.98 Å². The highest BCUT2D eigenvalue weighted by atomic mass is 16.5. The maximum Gasteiger partial charge on any atom is 0.291 e. The molecule has 2 aromatic heterocycles. The van der Waals surface area contributed by atoms with Crippen LogP contribution in [0.5, 0.6) is 0 Å². The van der Waals surface area contributed by atoms with Gasteiger partial charge >= 0.3 is 0 Å². The number of rotatable bonds is 3. The van der Waals surface area contributed by atoms with Crippen molar-refractivity contribution < 1.29 is 18.5 Å². The van der Waals surface area contributed by atoms with Crippen LogP contribution in [-0.2, 0) is 4.74 Å². The summed E-state index contributed by atoms with van der Waals surface area (Å²) < 4.78 is 16.4. The van der Waals surface area contributed by atoms with Crippen LogP contribution >= 0.6 is 0 Å². The van der Waals surface area contributed by atoms with Crippen LogP contribution in [-0.4, -0.2) is 45.1 Å². The number of hydrogen-bond acceptors (Lipinski definition) is 7. The lowest BCUT2D eigenvalue weighted by Crippen LogP contribution is -2.46. The Morgan fingerprint density at radius 1 is 1.35 bits per heavy atom. The minimum atomic E-state index is -0.420. The molecule has 122 valence electrons. The Morgan fingerprint density at radius 3 is 2.87 bits per heavy atom. The van der Waals surface area contributed by atoms with E-state index >= 15 is 0 Å². The minimum absolute atomic E-state index is 0.128. The van der Waals surface area contributed by atoms with E-state index in [0.717, 1.165) is 18.5 Å². The number of carbonyl (C=O) groups is 1. The predicted octanol–water partition coefficient (Wildman–Crippen LogP) is 1.85. The molecule has 0 aromatic carbocycles. The Kier molecular flexibility index (Phi) is 3.41. The maximum atomic E-state index is 12.8. The van der Waals surface area contributed by atoms with Crippen molar-refractivity contribution >= 4 is 5.91 Å². The first-order valence-corrected chi connectivity index (χ1v) is 7.80. The third kappa shape index (κ3) is 2.74. The second-order valence-corrected chi connectivity index (χ2v) is 6.17. The third-order valence-electron chi connectivity index (χ3n) is 4.12. The second kappa shape index (κ2) is 5.45. The van der Waals surface area contributed by atoms with Gasteiger partial charge in [0.1, 0.15) is 0 Å². The lowest BCUT2D eigenvalue weighted by molar-refractivity contribution is -0.0815. The predicted molar refractivity (Wildman–Crippen MR) is 76.7 cm³/mol. The molecular weight excluding hydrogens is 300 g/mol. The van der Waals surface area contributed by atoms with Crippen LogP contribution < -0.4 is 0 Å². The first kappa shape index (κ1) is 14.4. The van der Waals surface area contributed by atoms with E-state index in [0.29, 0.717) is 36.5 Å².